The zero-order valence-electron chi connectivity index (χ0n) is 17.9. The van der Waals surface area contributed by atoms with Gasteiger partial charge in [0.1, 0.15) is 18.1 Å². The Kier molecular flexibility index (Phi) is 7.66. The second kappa shape index (κ2) is 10.1. The maximum atomic E-state index is 12.7. The van der Waals surface area contributed by atoms with Crippen LogP contribution in [-0.4, -0.2) is 57.4 Å². The van der Waals surface area contributed by atoms with Gasteiger partial charge >= 0.3 is 5.69 Å². The molecule has 0 saturated carbocycles. The Hall–Kier alpha value is -2.33. The molecular formula is C21H25Cl2N3O6. The Labute approximate surface area is 194 Å². The summed E-state index contributed by atoms with van der Waals surface area (Å²) in [7, 11) is 1.57. The highest BCUT2D eigenvalue weighted by Gasteiger charge is 2.37. The molecule has 0 spiro atoms. The number of aryl methyl sites for hydroxylation is 1. The van der Waals surface area contributed by atoms with E-state index in [0.717, 1.165) is 0 Å². The Morgan fingerprint density at radius 2 is 2.12 bits per heavy atom. The molecule has 4 atom stereocenters. The van der Waals surface area contributed by atoms with E-state index in [-0.39, 0.29) is 23.9 Å². The van der Waals surface area contributed by atoms with Gasteiger partial charge in [0, 0.05) is 36.8 Å². The number of hydrogen-bond donors (Lipinski definition) is 2. The number of hydrogen-bond acceptors (Lipinski definition) is 6. The summed E-state index contributed by atoms with van der Waals surface area (Å²) in [5.74, 6) is -0.0172. The minimum absolute atomic E-state index is 0.0806. The van der Waals surface area contributed by atoms with Crippen molar-refractivity contribution in [3.05, 3.63) is 60.8 Å². The number of aromatic amines is 1. The van der Waals surface area contributed by atoms with Crippen LogP contribution in [0.25, 0.3) is 0 Å². The first kappa shape index (κ1) is 24.3. The topological polar surface area (TPSA) is 114 Å². The van der Waals surface area contributed by atoms with Crippen LogP contribution in [0.3, 0.4) is 0 Å². The first-order chi connectivity index (χ1) is 15.1. The van der Waals surface area contributed by atoms with Gasteiger partial charge in [-0.25, -0.2) is 4.79 Å². The molecule has 1 aliphatic rings. The van der Waals surface area contributed by atoms with Crippen molar-refractivity contribution in [3.8, 4) is 5.75 Å². The van der Waals surface area contributed by atoms with E-state index in [0.29, 0.717) is 22.8 Å². The van der Waals surface area contributed by atoms with Crippen molar-refractivity contribution >= 4 is 29.1 Å². The minimum Gasteiger partial charge on any atom is -0.479 e. The van der Waals surface area contributed by atoms with Crippen molar-refractivity contribution in [1.82, 2.24) is 14.5 Å². The van der Waals surface area contributed by atoms with E-state index in [2.05, 4.69) is 4.98 Å². The molecule has 2 aromatic rings. The van der Waals surface area contributed by atoms with Crippen LogP contribution in [0.15, 0.2) is 34.0 Å². The van der Waals surface area contributed by atoms with Crippen molar-refractivity contribution in [3.63, 3.8) is 0 Å². The van der Waals surface area contributed by atoms with E-state index in [1.54, 1.807) is 33.0 Å². The predicted octanol–water partition coefficient (Wildman–Crippen LogP) is 1.98. The molecule has 32 heavy (non-hydrogen) atoms. The summed E-state index contributed by atoms with van der Waals surface area (Å²) in [5.41, 5.74) is -0.620. The van der Waals surface area contributed by atoms with E-state index < -0.39 is 35.8 Å². The normalized spacial score (nSPS) is 21.4. The molecule has 1 amide bonds. The van der Waals surface area contributed by atoms with Crippen LogP contribution in [-0.2, 0) is 16.0 Å². The zero-order valence-corrected chi connectivity index (χ0v) is 19.4. The Morgan fingerprint density at radius 1 is 1.41 bits per heavy atom. The number of carbonyl (C=O) groups is 1. The van der Waals surface area contributed by atoms with Gasteiger partial charge in [0.2, 0.25) is 0 Å². The maximum Gasteiger partial charge on any atom is 0.330 e. The number of aliphatic hydroxyl groups is 1. The predicted molar refractivity (Wildman–Crippen MR) is 119 cm³/mol. The highest BCUT2D eigenvalue weighted by molar-refractivity contribution is 6.35. The van der Waals surface area contributed by atoms with Crippen molar-refractivity contribution in [1.29, 1.82) is 0 Å². The highest BCUT2D eigenvalue weighted by atomic mass is 35.5. The van der Waals surface area contributed by atoms with Crippen LogP contribution in [0, 0.1) is 0 Å². The van der Waals surface area contributed by atoms with E-state index >= 15 is 0 Å². The Morgan fingerprint density at radius 3 is 2.78 bits per heavy atom. The monoisotopic (exact) mass is 485 g/mol. The maximum absolute atomic E-state index is 12.7. The van der Waals surface area contributed by atoms with Crippen LogP contribution in [0.5, 0.6) is 5.75 Å². The highest BCUT2D eigenvalue weighted by Crippen LogP contribution is 2.30. The van der Waals surface area contributed by atoms with Gasteiger partial charge in [0.25, 0.3) is 11.5 Å². The smallest absolute Gasteiger partial charge is 0.330 e. The lowest BCUT2D eigenvalue weighted by Crippen LogP contribution is -2.44. The number of nitrogens with zero attached hydrogens (tertiary/aromatic N) is 2. The average molecular weight is 486 g/mol. The molecule has 2 N–H and O–H groups in total. The van der Waals surface area contributed by atoms with Gasteiger partial charge in [-0.2, -0.15) is 0 Å². The number of carbonyl (C=O) groups excluding carboxylic acids is 1. The van der Waals surface area contributed by atoms with Crippen molar-refractivity contribution in [2.24, 2.45) is 0 Å². The van der Waals surface area contributed by atoms with E-state index in [1.165, 1.54) is 21.7 Å². The van der Waals surface area contributed by atoms with Gasteiger partial charge in [-0.3, -0.25) is 19.1 Å². The van der Waals surface area contributed by atoms with Crippen LogP contribution in [0.1, 0.15) is 32.1 Å². The molecule has 11 heteroatoms. The zero-order chi connectivity index (χ0) is 23.6. The van der Waals surface area contributed by atoms with Crippen molar-refractivity contribution in [2.75, 3.05) is 13.6 Å². The minimum atomic E-state index is -0.902. The van der Waals surface area contributed by atoms with Gasteiger partial charge in [-0.05, 0) is 31.5 Å². The molecule has 1 aromatic heterocycles. The molecule has 0 aliphatic carbocycles. The van der Waals surface area contributed by atoms with Crippen LogP contribution in [0.2, 0.25) is 10.0 Å². The lowest BCUT2D eigenvalue weighted by Gasteiger charge is -2.26. The number of ether oxygens (including phenoxy) is 2. The molecule has 1 aromatic carbocycles. The number of rotatable bonds is 7. The lowest BCUT2D eigenvalue weighted by molar-refractivity contribution is -0.139. The fraction of sp³-hybridized carbons (Fsp3) is 0.476. The fourth-order valence-corrected chi connectivity index (χ4v) is 3.98. The Balaban J connectivity index is 1.65. The van der Waals surface area contributed by atoms with Gasteiger partial charge in [-0.15, -0.1) is 0 Å². The van der Waals surface area contributed by atoms with Crippen LogP contribution >= 0.6 is 23.2 Å². The summed E-state index contributed by atoms with van der Waals surface area (Å²) in [6, 6.07) is 4.70. The molecule has 1 aliphatic heterocycles. The SMILES string of the molecule is CCc1cn([C@@H]2CC(O)[C@H](CN(C)C(=O)[C@H](C)Oc3ccc(Cl)cc3Cl)O2)c(=O)[nH]c1=O. The van der Waals surface area contributed by atoms with Gasteiger partial charge in [-0.1, -0.05) is 30.1 Å². The standard InChI is InChI=1S/C21H25Cl2N3O6/c1-4-12-9-26(21(30)24-19(12)28)18-8-15(27)17(32-18)10-25(3)20(29)11(2)31-16-6-5-13(22)7-14(16)23/h5-7,9,11,15,17-18,27H,4,8,10H2,1-3H3,(H,24,28,30)/t11-,15?,17-,18-/m0/s1. The third kappa shape index (κ3) is 5.35. The summed E-state index contributed by atoms with van der Waals surface area (Å²) >= 11 is 12.0. The molecule has 1 unspecified atom stereocenters. The molecule has 0 radical (unpaired) electrons. The number of aliphatic hydroxyl groups excluding tert-OH is 1. The van der Waals surface area contributed by atoms with Gasteiger partial charge < -0.3 is 19.5 Å². The van der Waals surface area contributed by atoms with Crippen LogP contribution in [0.4, 0.5) is 0 Å². The number of amides is 1. The lowest BCUT2D eigenvalue weighted by atomic mass is 10.1. The second-order valence-electron chi connectivity index (χ2n) is 7.66. The summed E-state index contributed by atoms with van der Waals surface area (Å²) in [6.45, 7) is 3.47. The fourth-order valence-electron chi connectivity index (χ4n) is 3.52. The molecular weight excluding hydrogens is 461 g/mol. The molecule has 9 nitrogen and oxygen atoms in total. The third-order valence-corrected chi connectivity index (χ3v) is 5.84. The quantitative estimate of drug-likeness (QED) is 0.619. The molecule has 3 rings (SSSR count). The van der Waals surface area contributed by atoms with E-state index in [9.17, 15) is 19.5 Å². The first-order valence-electron chi connectivity index (χ1n) is 10.1. The molecule has 1 fully saturated rings. The van der Waals surface area contributed by atoms with Gasteiger partial charge in [0.15, 0.2) is 6.10 Å². The summed E-state index contributed by atoms with van der Waals surface area (Å²) in [4.78, 5) is 40.4. The third-order valence-electron chi connectivity index (χ3n) is 5.31. The summed E-state index contributed by atoms with van der Waals surface area (Å²) in [5, 5.41) is 11.2. The van der Waals surface area contributed by atoms with Gasteiger partial charge in [0.05, 0.1) is 11.1 Å². The Bertz CT molecular complexity index is 1100. The van der Waals surface area contributed by atoms with Crippen molar-refractivity contribution in [2.45, 2.75) is 51.2 Å². The number of halogens is 2. The second-order valence-corrected chi connectivity index (χ2v) is 8.50. The molecule has 174 valence electrons. The number of aromatic nitrogens is 2. The van der Waals surface area contributed by atoms with E-state index in [1.807, 2.05) is 0 Å². The van der Waals surface area contributed by atoms with E-state index in [4.69, 9.17) is 32.7 Å². The molecule has 0 bridgehead atoms. The number of H-pyrrole nitrogens is 1. The average Bonchev–Trinajstić information content (AvgIpc) is 3.09. The first-order valence-corrected chi connectivity index (χ1v) is 10.9. The summed E-state index contributed by atoms with van der Waals surface area (Å²) < 4.78 is 12.8. The number of benzene rings is 1. The number of likely N-dealkylation sites (N-methyl/N-ethyl adjacent to an activating group) is 1. The molecule has 2 heterocycles. The largest absolute Gasteiger partial charge is 0.479 e. The van der Waals surface area contributed by atoms with Crippen LogP contribution < -0.4 is 16.0 Å². The molecule has 1 saturated heterocycles. The number of nitrogens with one attached hydrogen (secondary N) is 1. The van der Waals surface area contributed by atoms with Crippen molar-refractivity contribution < 1.29 is 19.4 Å². The summed E-state index contributed by atoms with van der Waals surface area (Å²) in [6.07, 6.45) is -1.18.